The van der Waals surface area contributed by atoms with E-state index in [9.17, 15) is 18.0 Å². The van der Waals surface area contributed by atoms with Crippen LogP contribution in [0.1, 0.15) is 37.5 Å². The van der Waals surface area contributed by atoms with Crippen LogP contribution in [0.15, 0.2) is 20.9 Å². The van der Waals surface area contributed by atoms with E-state index in [1.165, 1.54) is 11.4 Å². The number of halogens is 1. The molecule has 0 spiro atoms. The molecule has 0 saturated heterocycles. The highest BCUT2D eigenvalue weighted by Crippen LogP contribution is 2.43. The summed E-state index contributed by atoms with van der Waals surface area (Å²) in [7, 11) is -4.18. The first-order valence-corrected chi connectivity index (χ1v) is 12.0. The number of sulfonamides is 1. The van der Waals surface area contributed by atoms with Crippen LogP contribution in [0.4, 0.5) is 10.9 Å². The molecule has 0 atom stereocenters. The first-order chi connectivity index (χ1) is 15.5. The third-order valence-corrected chi connectivity index (χ3v) is 7.79. The maximum Gasteiger partial charge on any atom is 0.267 e. The molecule has 0 bridgehead atoms. The molecule has 0 radical (unpaired) electrons. The van der Waals surface area contributed by atoms with Crippen LogP contribution in [0.5, 0.6) is 11.5 Å². The number of carbonyl (C=O) groups is 2. The molecule has 1 aliphatic rings. The van der Waals surface area contributed by atoms with Gasteiger partial charge in [0.2, 0.25) is 6.79 Å². The second kappa shape index (κ2) is 8.24. The minimum Gasteiger partial charge on any atom is -0.453 e. The van der Waals surface area contributed by atoms with E-state index in [1.807, 2.05) is 0 Å². The van der Waals surface area contributed by atoms with E-state index in [1.54, 1.807) is 20.8 Å². The molecule has 11 nitrogen and oxygen atoms in total. The lowest BCUT2D eigenvalue weighted by molar-refractivity contribution is 0.0991. The Bertz CT molecular complexity index is 1410. The third-order valence-electron chi connectivity index (χ3n) is 5.02. The van der Waals surface area contributed by atoms with Crippen LogP contribution in [0.2, 0.25) is 5.02 Å². The lowest BCUT2D eigenvalue weighted by Gasteiger charge is -2.15. The van der Waals surface area contributed by atoms with Gasteiger partial charge in [0.15, 0.2) is 11.5 Å². The Morgan fingerprint density at radius 1 is 1.15 bits per heavy atom. The Labute approximate surface area is 196 Å². The van der Waals surface area contributed by atoms with Crippen molar-refractivity contribution < 1.29 is 32.0 Å². The largest absolute Gasteiger partial charge is 0.453 e. The molecular formula is C19H17ClN4O7S2. The van der Waals surface area contributed by atoms with Crippen LogP contribution in [-0.2, 0) is 10.0 Å². The Kier molecular flexibility index (Phi) is 5.72. The molecular weight excluding hydrogens is 496 g/mol. The van der Waals surface area contributed by atoms with Crippen molar-refractivity contribution in [2.75, 3.05) is 16.8 Å². The molecule has 1 aromatic carbocycles. The number of aryl methyl sites for hydroxylation is 1. The van der Waals surface area contributed by atoms with Crippen LogP contribution < -0.4 is 25.2 Å². The molecule has 14 heteroatoms. The van der Waals surface area contributed by atoms with E-state index < -0.39 is 21.8 Å². The van der Waals surface area contributed by atoms with Crippen molar-refractivity contribution >= 4 is 55.7 Å². The first-order valence-electron chi connectivity index (χ1n) is 9.29. The zero-order chi connectivity index (χ0) is 24.1. The highest BCUT2D eigenvalue weighted by atomic mass is 35.5. The molecule has 0 aliphatic carbocycles. The first kappa shape index (κ1) is 22.9. The van der Waals surface area contributed by atoms with Gasteiger partial charge in [-0.05, 0) is 43.3 Å². The van der Waals surface area contributed by atoms with Crippen LogP contribution in [0.3, 0.4) is 0 Å². The smallest absolute Gasteiger partial charge is 0.267 e. The minimum atomic E-state index is -4.18. The van der Waals surface area contributed by atoms with Gasteiger partial charge in [0.05, 0.1) is 11.1 Å². The van der Waals surface area contributed by atoms with Crippen molar-refractivity contribution in [1.82, 2.24) is 5.16 Å². The number of hydrogen-bond donors (Lipinski definition) is 3. The summed E-state index contributed by atoms with van der Waals surface area (Å²) in [4.78, 5) is 24.9. The maximum absolute atomic E-state index is 13.2. The number of aromatic nitrogens is 1. The molecule has 2 aromatic heterocycles. The molecule has 33 heavy (non-hydrogen) atoms. The quantitative estimate of drug-likeness (QED) is 0.453. The fourth-order valence-corrected chi connectivity index (χ4v) is 5.74. The number of benzene rings is 1. The van der Waals surface area contributed by atoms with Gasteiger partial charge >= 0.3 is 0 Å². The molecule has 0 unspecified atom stereocenters. The average molecular weight is 513 g/mol. The lowest BCUT2D eigenvalue weighted by Crippen LogP contribution is -2.20. The van der Waals surface area contributed by atoms with Gasteiger partial charge in [0, 0.05) is 0 Å². The zero-order valence-electron chi connectivity index (χ0n) is 17.4. The Morgan fingerprint density at radius 2 is 1.79 bits per heavy atom. The average Bonchev–Trinajstić information content (AvgIpc) is 3.46. The molecule has 4 rings (SSSR count). The molecule has 4 N–H and O–H groups in total. The number of hydrogen-bond acceptors (Lipinski definition) is 9. The van der Waals surface area contributed by atoms with Gasteiger partial charge in [-0.1, -0.05) is 16.8 Å². The van der Waals surface area contributed by atoms with Crippen molar-refractivity contribution in [3.05, 3.63) is 44.4 Å². The van der Waals surface area contributed by atoms with Gasteiger partial charge < -0.3 is 25.0 Å². The summed E-state index contributed by atoms with van der Waals surface area (Å²) in [5, 5.41) is 7.76. The maximum atomic E-state index is 13.2. The SMILES string of the molecule is Cc1noc(NS(=O)(=O)c2ccsc2NC(=O)c2c(C)c(C)c(C(N)=O)c3c2OCO3)c1Cl. The van der Waals surface area contributed by atoms with Crippen LogP contribution >= 0.6 is 22.9 Å². The normalized spacial score (nSPS) is 12.6. The summed E-state index contributed by atoms with van der Waals surface area (Å²) >= 11 is 6.99. The number of nitrogens with one attached hydrogen (secondary N) is 2. The summed E-state index contributed by atoms with van der Waals surface area (Å²) in [6.07, 6.45) is 0. The monoisotopic (exact) mass is 512 g/mol. The number of thiophene rings is 1. The summed E-state index contributed by atoms with van der Waals surface area (Å²) in [5.41, 5.74) is 6.90. The summed E-state index contributed by atoms with van der Waals surface area (Å²) in [5.74, 6) is -1.47. The van der Waals surface area contributed by atoms with Crippen molar-refractivity contribution in [2.24, 2.45) is 5.73 Å². The molecule has 0 saturated carbocycles. The van der Waals surface area contributed by atoms with E-state index in [0.717, 1.165) is 11.3 Å². The predicted octanol–water partition coefficient (Wildman–Crippen LogP) is 3.20. The Hall–Kier alpha value is -3.29. The van der Waals surface area contributed by atoms with E-state index >= 15 is 0 Å². The zero-order valence-corrected chi connectivity index (χ0v) is 19.8. The lowest BCUT2D eigenvalue weighted by atomic mass is 9.95. The van der Waals surface area contributed by atoms with E-state index in [-0.39, 0.29) is 50.2 Å². The molecule has 0 fully saturated rings. The second-order valence-electron chi connectivity index (χ2n) is 7.01. The number of fused-ring (bicyclic) bond motifs is 1. The fraction of sp³-hybridized carbons (Fsp3) is 0.211. The van der Waals surface area contributed by atoms with Gasteiger partial charge in [0.25, 0.3) is 27.7 Å². The van der Waals surface area contributed by atoms with Gasteiger partial charge in [-0.2, -0.15) is 0 Å². The topological polar surface area (TPSA) is 163 Å². The standard InChI is InChI=1S/C19H17ClN4O7S2/c1-7-8(2)12(15-14(29-6-30-15)11(7)16(21)25)17(26)22-19-10(4-5-32-19)33(27,28)24-18-13(20)9(3)23-31-18/h4-5,24H,6H2,1-3H3,(H2,21,25)(H,22,26). The van der Waals surface area contributed by atoms with Crippen LogP contribution in [-0.4, -0.2) is 32.2 Å². The number of carbonyl (C=O) groups excluding carboxylic acids is 2. The third kappa shape index (κ3) is 3.87. The van der Waals surface area contributed by atoms with Crippen molar-refractivity contribution in [2.45, 2.75) is 25.7 Å². The van der Waals surface area contributed by atoms with E-state index in [4.69, 9.17) is 31.3 Å². The van der Waals surface area contributed by atoms with E-state index in [0.29, 0.717) is 16.8 Å². The van der Waals surface area contributed by atoms with Crippen LogP contribution in [0.25, 0.3) is 0 Å². The number of amides is 2. The van der Waals surface area contributed by atoms with Gasteiger partial charge in [-0.25, -0.2) is 13.1 Å². The molecule has 1 aliphatic heterocycles. The predicted molar refractivity (Wildman–Crippen MR) is 120 cm³/mol. The highest BCUT2D eigenvalue weighted by Gasteiger charge is 2.33. The highest BCUT2D eigenvalue weighted by molar-refractivity contribution is 7.93. The minimum absolute atomic E-state index is 0.0211. The molecule has 3 heterocycles. The number of nitrogens with two attached hydrogens (primary N) is 1. The number of rotatable bonds is 6. The summed E-state index contributed by atoms with van der Waals surface area (Å²) in [6, 6.07) is 1.32. The van der Waals surface area contributed by atoms with Crippen molar-refractivity contribution in [3.8, 4) is 11.5 Å². The summed E-state index contributed by atoms with van der Waals surface area (Å²) in [6.45, 7) is 4.61. The molecule has 3 aromatic rings. The van der Waals surface area contributed by atoms with Crippen molar-refractivity contribution in [3.63, 3.8) is 0 Å². The molecule has 2 amide bonds. The number of nitrogens with zero attached hydrogens (tertiary/aromatic N) is 1. The molecule has 174 valence electrons. The number of anilines is 2. The van der Waals surface area contributed by atoms with Gasteiger partial charge in [-0.3, -0.25) is 9.59 Å². The van der Waals surface area contributed by atoms with E-state index in [2.05, 4.69) is 15.2 Å². The fourth-order valence-electron chi connectivity index (χ4n) is 3.30. The van der Waals surface area contributed by atoms with Gasteiger partial charge in [-0.15, -0.1) is 11.3 Å². The second-order valence-corrected chi connectivity index (χ2v) is 9.96. The summed E-state index contributed by atoms with van der Waals surface area (Å²) < 4.78 is 43.7. The number of ether oxygens (including phenoxy) is 2. The van der Waals surface area contributed by atoms with Crippen LogP contribution in [0, 0.1) is 20.8 Å². The Morgan fingerprint density at radius 3 is 2.39 bits per heavy atom. The van der Waals surface area contributed by atoms with Gasteiger partial charge in [0.1, 0.15) is 20.6 Å². The Balaban J connectivity index is 1.69. The van der Waals surface area contributed by atoms with Crippen molar-refractivity contribution in [1.29, 1.82) is 0 Å². The number of primary amides is 1.